The highest BCUT2D eigenvalue weighted by atomic mass is 32.1. The van der Waals surface area contributed by atoms with E-state index in [2.05, 4.69) is 27.5 Å². The molecule has 0 aromatic carbocycles. The van der Waals surface area contributed by atoms with Crippen molar-refractivity contribution in [2.24, 2.45) is 7.05 Å². The van der Waals surface area contributed by atoms with Crippen LogP contribution in [0.25, 0.3) is 0 Å². The average molecular weight is 223 g/mol. The minimum Gasteiger partial charge on any atom is -0.356 e. The number of hydrogen-bond acceptors (Lipinski definition) is 5. The van der Waals surface area contributed by atoms with Crippen LogP contribution in [0.5, 0.6) is 0 Å². The van der Waals surface area contributed by atoms with Gasteiger partial charge in [-0.1, -0.05) is 18.3 Å². The minimum atomic E-state index is 0.756. The Morgan fingerprint density at radius 2 is 2.40 bits per heavy atom. The molecule has 15 heavy (non-hydrogen) atoms. The van der Waals surface area contributed by atoms with Gasteiger partial charge in [0.15, 0.2) is 0 Å². The predicted molar refractivity (Wildman–Crippen MR) is 59.8 cm³/mol. The van der Waals surface area contributed by atoms with E-state index < -0.39 is 0 Å². The quantitative estimate of drug-likeness (QED) is 0.852. The van der Waals surface area contributed by atoms with E-state index in [1.807, 2.05) is 17.9 Å². The maximum Gasteiger partial charge on any atom is 0.205 e. The summed E-state index contributed by atoms with van der Waals surface area (Å²) in [4.78, 5) is 0. The molecule has 0 unspecified atom stereocenters. The molecule has 0 radical (unpaired) electrons. The molecule has 2 rings (SSSR count). The highest BCUT2D eigenvalue weighted by Crippen LogP contribution is 2.12. The van der Waals surface area contributed by atoms with Crippen LogP contribution in [-0.2, 0) is 20.0 Å². The first-order valence-corrected chi connectivity index (χ1v) is 5.69. The Morgan fingerprint density at radius 3 is 3.07 bits per heavy atom. The van der Waals surface area contributed by atoms with E-state index in [1.165, 1.54) is 16.9 Å². The van der Waals surface area contributed by atoms with Crippen molar-refractivity contribution in [2.45, 2.75) is 19.9 Å². The van der Waals surface area contributed by atoms with Crippen LogP contribution in [0.2, 0.25) is 0 Å². The SMILES string of the molecule is CCc1nn(C)cc1CNc1nncs1. The molecule has 0 bridgehead atoms. The third-order valence-corrected chi connectivity index (χ3v) is 2.77. The molecular formula is C9H13N5S. The van der Waals surface area contributed by atoms with Gasteiger partial charge < -0.3 is 5.32 Å². The van der Waals surface area contributed by atoms with Crippen LogP contribution in [0, 0.1) is 0 Å². The summed E-state index contributed by atoms with van der Waals surface area (Å²) in [6.45, 7) is 2.86. The molecule has 2 aromatic rings. The Hall–Kier alpha value is -1.43. The number of nitrogens with zero attached hydrogens (tertiary/aromatic N) is 4. The molecule has 0 atom stereocenters. The molecule has 0 amide bonds. The number of nitrogens with one attached hydrogen (secondary N) is 1. The summed E-state index contributed by atoms with van der Waals surface area (Å²) in [7, 11) is 1.94. The topological polar surface area (TPSA) is 55.6 Å². The molecule has 80 valence electrons. The third-order valence-electron chi connectivity index (χ3n) is 2.12. The fourth-order valence-electron chi connectivity index (χ4n) is 1.45. The predicted octanol–water partition coefficient (Wildman–Crippen LogP) is 1.45. The van der Waals surface area contributed by atoms with Crippen molar-refractivity contribution < 1.29 is 0 Å². The van der Waals surface area contributed by atoms with Crippen LogP contribution < -0.4 is 5.32 Å². The Morgan fingerprint density at radius 1 is 1.53 bits per heavy atom. The molecule has 0 aliphatic heterocycles. The monoisotopic (exact) mass is 223 g/mol. The van der Waals surface area contributed by atoms with Gasteiger partial charge in [0.05, 0.1) is 5.69 Å². The summed E-state index contributed by atoms with van der Waals surface area (Å²) in [5.41, 5.74) is 4.07. The van der Waals surface area contributed by atoms with Crippen LogP contribution in [0.3, 0.4) is 0 Å². The average Bonchev–Trinajstić information content (AvgIpc) is 2.83. The normalized spacial score (nSPS) is 10.5. The van der Waals surface area contributed by atoms with Crippen molar-refractivity contribution >= 4 is 16.5 Å². The zero-order valence-corrected chi connectivity index (χ0v) is 9.58. The largest absolute Gasteiger partial charge is 0.356 e. The highest BCUT2D eigenvalue weighted by molar-refractivity contribution is 7.13. The van der Waals surface area contributed by atoms with Gasteiger partial charge in [-0.2, -0.15) is 5.10 Å². The van der Waals surface area contributed by atoms with Gasteiger partial charge in [-0.15, -0.1) is 10.2 Å². The molecule has 0 saturated heterocycles. The highest BCUT2D eigenvalue weighted by Gasteiger charge is 2.05. The first-order valence-electron chi connectivity index (χ1n) is 4.81. The zero-order chi connectivity index (χ0) is 10.7. The number of hydrogen-bond donors (Lipinski definition) is 1. The fraction of sp³-hybridized carbons (Fsp3) is 0.444. The van der Waals surface area contributed by atoms with E-state index in [0.717, 1.165) is 23.8 Å². The van der Waals surface area contributed by atoms with Gasteiger partial charge in [-0.3, -0.25) is 4.68 Å². The summed E-state index contributed by atoms with van der Waals surface area (Å²) >= 11 is 1.50. The maximum atomic E-state index is 4.37. The lowest BCUT2D eigenvalue weighted by atomic mass is 10.2. The van der Waals surface area contributed by atoms with E-state index in [9.17, 15) is 0 Å². The van der Waals surface area contributed by atoms with Crippen LogP contribution >= 0.6 is 11.3 Å². The van der Waals surface area contributed by atoms with E-state index in [0.29, 0.717) is 0 Å². The second-order valence-corrected chi connectivity index (χ2v) is 4.06. The first kappa shape index (κ1) is 10.1. The van der Waals surface area contributed by atoms with Crippen molar-refractivity contribution in [1.82, 2.24) is 20.0 Å². The molecule has 5 nitrogen and oxygen atoms in total. The molecule has 0 fully saturated rings. The van der Waals surface area contributed by atoms with E-state index in [4.69, 9.17) is 0 Å². The van der Waals surface area contributed by atoms with Crippen molar-refractivity contribution in [2.75, 3.05) is 5.32 Å². The zero-order valence-electron chi connectivity index (χ0n) is 8.77. The van der Waals surface area contributed by atoms with Crippen LogP contribution in [0.4, 0.5) is 5.13 Å². The summed E-state index contributed by atoms with van der Waals surface area (Å²) in [6.07, 6.45) is 2.99. The standard InChI is InChI=1S/C9H13N5S/c1-3-8-7(5-14(2)13-8)4-10-9-12-11-6-15-9/h5-6H,3-4H2,1-2H3,(H,10,12). The van der Waals surface area contributed by atoms with Gasteiger partial charge in [0, 0.05) is 25.4 Å². The molecule has 0 aliphatic carbocycles. The molecule has 2 heterocycles. The van der Waals surface area contributed by atoms with Gasteiger partial charge in [0.2, 0.25) is 5.13 Å². The second kappa shape index (κ2) is 4.39. The fourth-order valence-corrected chi connectivity index (χ4v) is 1.89. The van der Waals surface area contributed by atoms with Crippen molar-refractivity contribution in [1.29, 1.82) is 0 Å². The van der Waals surface area contributed by atoms with Gasteiger partial charge in [-0.25, -0.2) is 0 Å². The summed E-state index contributed by atoms with van der Waals surface area (Å²) < 4.78 is 1.84. The van der Waals surface area contributed by atoms with Crippen LogP contribution in [-0.4, -0.2) is 20.0 Å². The summed E-state index contributed by atoms with van der Waals surface area (Å²) in [5.74, 6) is 0. The lowest BCUT2D eigenvalue weighted by Gasteiger charge is -2.00. The van der Waals surface area contributed by atoms with Crippen molar-refractivity contribution in [3.63, 3.8) is 0 Å². The lowest BCUT2D eigenvalue weighted by molar-refractivity contribution is 0.746. The Labute approximate surface area is 92.2 Å². The molecule has 2 aromatic heterocycles. The lowest BCUT2D eigenvalue weighted by Crippen LogP contribution is -2.00. The molecule has 0 aliphatic rings. The van der Waals surface area contributed by atoms with Crippen molar-refractivity contribution in [3.05, 3.63) is 23.0 Å². The van der Waals surface area contributed by atoms with Crippen LogP contribution in [0.1, 0.15) is 18.2 Å². The smallest absolute Gasteiger partial charge is 0.205 e. The number of aryl methyl sites for hydroxylation is 2. The Kier molecular flexibility index (Phi) is 2.96. The minimum absolute atomic E-state index is 0.756. The number of rotatable bonds is 4. The second-order valence-electron chi connectivity index (χ2n) is 3.23. The maximum absolute atomic E-state index is 4.37. The summed E-state index contributed by atoms with van der Waals surface area (Å²) in [5, 5.41) is 16.1. The molecular weight excluding hydrogens is 210 g/mol. The van der Waals surface area contributed by atoms with E-state index in [1.54, 1.807) is 5.51 Å². The first-order chi connectivity index (χ1) is 7.29. The summed E-state index contributed by atoms with van der Waals surface area (Å²) in [6, 6.07) is 0. The van der Waals surface area contributed by atoms with E-state index >= 15 is 0 Å². The Bertz CT molecular complexity index is 420. The number of aromatic nitrogens is 4. The van der Waals surface area contributed by atoms with Gasteiger partial charge in [0.25, 0.3) is 0 Å². The third kappa shape index (κ3) is 2.33. The molecule has 6 heteroatoms. The Balaban J connectivity index is 2.04. The van der Waals surface area contributed by atoms with E-state index in [-0.39, 0.29) is 0 Å². The van der Waals surface area contributed by atoms with Gasteiger partial charge in [0.1, 0.15) is 5.51 Å². The van der Waals surface area contributed by atoms with Gasteiger partial charge in [-0.05, 0) is 6.42 Å². The van der Waals surface area contributed by atoms with Crippen LogP contribution in [0.15, 0.2) is 11.7 Å². The molecule has 0 saturated carbocycles. The molecule has 0 spiro atoms. The molecule has 1 N–H and O–H groups in total. The van der Waals surface area contributed by atoms with Gasteiger partial charge >= 0.3 is 0 Å². The number of anilines is 1. The van der Waals surface area contributed by atoms with Crippen molar-refractivity contribution in [3.8, 4) is 0 Å².